The van der Waals surface area contributed by atoms with Crippen molar-refractivity contribution in [2.24, 2.45) is 0 Å². The molecule has 1 N–H and O–H groups in total. The van der Waals surface area contributed by atoms with Crippen molar-refractivity contribution in [3.63, 3.8) is 0 Å². The van der Waals surface area contributed by atoms with Gasteiger partial charge in [-0.1, -0.05) is 49.4 Å². The summed E-state index contributed by atoms with van der Waals surface area (Å²) in [6.07, 6.45) is 0.792. The lowest BCUT2D eigenvalue weighted by atomic mass is 10.2. The second kappa shape index (κ2) is 9.26. The molecule has 1 unspecified atom stereocenters. The van der Waals surface area contributed by atoms with Crippen LogP contribution in [0.15, 0.2) is 54.6 Å². The standard InChI is InChI=1S/C19H23NO2S/c1-3-18(23-14-15-10-6-5-7-11-15)19(21)20-16-12-8-9-13-17(16)22-4-2/h5-13,18H,3-4,14H2,1-2H3,(H,20,21). The van der Waals surface area contributed by atoms with Crippen molar-refractivity contribution in [1.29, 1.82) is 0 Å². The number of carbonyl (C=O) groups is 1. The average molecular weight is 329 g/mol. The summed E-state index contributed by atoms with van der Waals surface area (Å²) in [6, 6.07) is 17.8. The monoisotopic (exact) mass is 329 g/mol. The van der Waals surface area contributed by atoms with Gasteiger partial charge in [0, 0.05) is 5.75 Å². The summed E-state index contributed by atoms with van der Waals surface area (Å²) in [5.74, 6) is 1.58. The van der Waals surface area contributed by atoms with Gasteiger partial charge in [0.05, 0.1) is 17.5 Å². The predicted molar refractivity (Wildman–Crippen MR) is 98.1 cm³/mol. The van der Waals surface area contributed by atoms with Gasteiger partial charge in [0.25, 0.3) is 0 Å². The van der Waals surface area contributed by atoms with Crippen LogP contribution in [-0.2, 0) is 10.5 Å². The zero-order chi connectivity index (χ0) is 16.5. The molecule has 3 nitrogen and oxygen atoms in total. The Morgan fingerprint density at radius 2 is 1.78 bits per heavy atom. The summed E-state index contributed by atoms with van der Waals surface area (Å²) in [7, 11) is 0. The zero-order valence-corrected chi connectivity index (χ0v) is 14.4. The van der Waals surface area contributed by atoms with E-state index < -0.39 is 0 Å². The third-order valence-corrected chi connectivity index (χ3v) is 4.85. The number of anilines is 1. The van der Waals surface area contributed by atoms with Crippen molar-refractivity contribution in [1.82, 2.24) is 0 Å². The molecule has 122 valence electrons. The summed E-state index contributed by atoms with van der Waals surface area (Å²) in [5, 5.41) is 2.92. The second-order valence-corrected chi connectivity index (χ2v) is 6.30. The summed E-state index contributed by atoms with van der Waals surface area (Å²) < 4.78 is 5.56. The number of rotatable bonds is 8. The number of carbonyl (C=O) groups excluding carboxylic acids is 1. The van der Waals surface area contributed by atoms with Crippen molar-refractivity contribution in [2.45, 2.75) is 31.3 Å². The lowest BCUT2D eigenvalue weighted by Gasteiger charge is -2.16. The SMILES string of the molecule is CCOc1ccccc1NC(=O)C(CC)SCc1ccccc1. The normalized spacial score (nSPS) is 11.7. The van der Waals surface area contributed by atoms with Crippen molar-refractivity contribution in [3.8, 4) is 5.75 Å². The number of ether oxygens (including phenoxy) is 1. The summed E-state index contributed by atoms with van der Waals surface area (Å²) in [4.78, 5) is 12.5. The summed E-state index contributed by atoms with van der Waals surface area (Å²) in [5.41, 5.74) is 1.97. The van der Waals surface area contributed by atoms with E-state index in [9.17, 15) is 4.79 Å². The van der Waals surface area contributed by atoms with Gasteiger partial charge in [0.2, 0.25) is 5.91 Å². The van der Waals surface area contributed by atoms with Crippen molar-refractivity contribution >= 4 is 23.4 Å². The minimum absolute atomic E-state index is 0.0283. The maximum Gasteiger partial charge on any atom is 0.237 e. The van der Waals surface area contributed by atoms with Crippen LogP contribution in [-0.4, -0.2) is 17.8 Å². The van der Waals surface area contributed by atoms with Crippen LogP contribution in [0.25, 0.3) is 0 Å². The van der Waals surface area contributed by atoms with Gasteiger partial charge in [0.15, 0.2) is 0 Å². The average Bonchev–Trinajstić information content (AvgIpc) is 2.58. The molecule has 23 heavy (non-hydrogen) atoms. The number of nitrogens with one attached hydrogen (secondary N) is 1. The maximum atomic E-state index is 12.5. The van der Waals surface area contributed by atoms with Crippen LogP contribution in [0.4, 0.5) is 5.69 Å². The number of hydrogen-bond acceptors (Lipinski definition) is 3. The molecule has 0 aliphatic carbocycles. The van der Waals surface area contributed by atoms with Gasteiger partial charge in [-0.25, -0.2) is 0 Å². The Balaban J connectivity index is 1.97. The van der Waals surface area contributed by atoms with Gasteiger partial charge in [-0.2, -0.15) is 0 Å². The first-order chi connectivity index (χ1) is 11.2. The molecular weight excluding hydrogens is 306 g/mol. The highest BCUT2D eigenvalue weighted by molar-refractivity contribution is 7.99. The number of para-hydroxylation sites is 2. The molecule has 1 atom stereocenters. The van der Waals surface area contributed by atoms with E-state index >= 15 is 0 Å². The predicted octanol–water partition coefficient (Wildman–Crippen LogP) is 4.74. The Kier molecular flexibility index (Phi) is 7.01. The smallest absolute Gasteiger partial charge is 0.237 e. The first-order valence-corrected chi connectivity index (χ1v) is 8.97. The van der Waals surface area contributed by atoms with E-state index in [0.29, 0.717) is 12.4 Å². The van der Waals surface area contributed by atoms with Crippen molar-refractivity contribution in [3.05, 3.63) is 60.2 Å². The fourth-order valence-corrected chi connectivity index (χ4v) is 3.25. The highest BCUT2D eigenvalue weighted by Gasteiger charge is 2.18. The Labute approximate surface area is 142 Å². The van der Waals surface area contributed by atoms with Gasteiger partial charge in [-0.15, -0.1) is 11.8 Å². The molecule has 0 bridgehead atoms. The molecule has 0 spiro atoms. The number of benzene rings is 2. The van der Waals surface area contributed by atoms with Gasteiger partial charge in [-0.3, -0.25) is 4.79 Å². The molecule has 2 rings (SSSR count). The Morgan fingerprint density at radius 3 is 2.48 bits per heavy atom. The van der Waals surface area contributed by atoms with E-state index in [1.54, 1.807) is 11.8 Å². The molecule has 1 amide bonds. The molecule has 2 aromatic rings. The van der Waals surface area contributed by atoms with E-state index in [0.717, 1.165) is 17.9 Å². The second-order valence-electron chi connectivity index (χ2n) is 5.11. The van der Waals surface area contributed by atoms with Crippen LogP contribution < -0.4 is 10.1 Å². The largest absolute Gasteiger partial charge is 0.492 e. The molecule has 0 fully saturated rings. The highest BCUT2D eigenvalue weighted by Crippen LogP contribution is 2.26. The molecule has 0 radical (unpaired) electrons. The number of thioether (sulfide) groups is 1. The quantitative estimate of drug-likeness (QED) is 0.760. The minimum atomic E-state index is -0.0788. The topological polar surface area (TPSA) is 38.3 Å². The zero-order valence-electron chi connectivity index (χ0n) is 13.6. The van der Waals surface area contributed by atoms with Crippen molar-refractivity contribution in [2.75, 3.05) is 11.9 Å². The van der Waals surface area contributed by atoms with E-state index in [2.05, 4.69) is 17.4 Å². The Morgan fingerprint density at radius 1 is 1.09 bits per heavy atom. The van der Waals surface area contributed by atoms with Crippen molar-refractivity contribution < 1.29 is 9.53 Å². The fraction of sp³-hybridized carbons (Fsp3) is 0.316. The Hall–Kier alpha value is -1.94. The van der Waals surface area contributed by atoms with Crippen LogP contribution in [0.5, 0.6) is 5.75 Å². The molecule has 4 heteroatoms. The van der Waals surface area contributed by atoms with E-state index in [4.69, 9.17) is 4.74 Å². The lowest BCUT2D eigenvalue weighted by molar-refractivity contribution is -0.115. The van der Waals surface area contributed by atoms with Crippen LogP contribution in [0, 0.1) is 0 Å². The molecule has 2 aromatic carbocycles. The fourth-order valence-electron chi connectivity index (χ4n) is 2.21. The molecule has 0 aliphatic rings. The highest BCUT2D eigenvalue weighted by atomic mass is 32.2. The summed E-state index contributed by atoms with van der Waals surface area (Å²) in [6.45, 7) is 4.55. The molecular formula is C19H23NO2S. The van der Waals surface area contributed by atoms with E-state index in [1.807, 2.05) is 56.3 Å². The molecule has 0 heterocycles. The lowest BCUT2D eigenvalue weighted by Crippen LogP contribution is -2.25. The van der Waals surface area contributed by atoms with Crippen LogP contribution in [0.1, 0.15) is 25.8 Å². The number of amides is 1. The minimum Gasteiger partial charge on any atom is -0.492 e. The van der Waals surface area contributed by atoms with Gasteiger partial charge in [0.1, 0.15) is 5.75 Å². The summed E-state index contributed by atoms with van der Waals surface area (Å²) >= 11 is 1.67. The molecule has 0 saturated heterocycles. The number of hydrogen-bond donors (Lipinski definition) is 1. The van der Waals surface area contributed by atoms with Crippen LogP contribution in [0.2, 0.25) is 0 Å². The van der Waals surface area contributed by atoms with Crippen LogP contribution in [0.3, 0.4) is 0 Å². The Bertz CT molecular complexity index is 616. The third-order valence-electron chi connectivity index (χ3n) is 3.40. The van der Waals surface area contributed by atoms with Crippen LogP contribution >= 0.6 is 11.8 Å². The van der Waals surface area contributed by atoms with Gasteiger partial charge in [-0.05, 0) is 31.0 Å². The van der Waals surface area contributed by atoms with Gasteiger partial charge < -0.3 is 10.1 Å². The van der Waals surface area contributed by atoms with E-state index in [1.165, 1.54) is 5.56 Å². The molecule has 0 aliphatic heterocycles. The maximum absolute atomic E-state index is 12.5. The van der Waals surface area contributed by atoms with E-state index in [-0.39, 0.29) is 11.2 Å². The molecule has 0 aromatic heterocycles. The molecule has 0 saturated carbocycles. The third kappa shape index (κ3) is 5.32. The first kappa shape index (κ1) is 17.4. The van der Waals surface area contributed by atoms with Gasteiger partial charge >= 0.3 is 0 Å². The first-order valence-electron chi connectivity index (χ1n) is 7.92.